The number of H-pyrrole nitrogens is 2. The van der Waals surface area contributed by atoms with Gasteiger partial charge in [0.1, 0.15) is 0 Å². The molecule has 1 aromatic carbocycles. The Morgan fingerprint density at radius 1 is 1.08 bits per heavy atom. The van der Waals surface area contributed by atoms with Crippen molar-refractivity contribution in [1.82, 2.24) is 20.3 Å². The van der Waals surface area contributed by atoms with E-state index in [1.807, 2.05) is 13.0 Å². The van der Waals surface area contributed by atoms with E-state index >= 15 is 0 Å². The molecule has 7 heteroatoms. The molecule has 2 aliphatic rings. The van der Waals surface area contributed by atoms with Gasteiger partial charge in [-0.05, 0) is 73.2 Å². The van der Waals surface area contributed by atoms with Gasteiger partial charge in [-0.1, -0.05) is 0 Å². The van der Waals surface area contributed by atoms with E-state index in [0.29, 0.717) is 0 Å². The smallest absolute Gasteiger partial charge is 0.248 e. The number of thiol groups is 1. The van der Waals surface area contributed by atoms with E-state index < -0.39 is 10.9 Å². The molecule has 0 radical (unpaired) electrons. The van der Waals surface area contributed by atoms with Gasteiger partial charge in [-0.15, -0.1) is 23.3 Å². The van der Waals surface area contributed by atoms with Crippen molar-refractivity contribution >= 4 is 40.4 Å². The quantitative estimate of drug-likeness (QED) is 0.484. The first-order chi connectivity index (χ1) is 12.2. The van der Waals surface area contributed by atoms with Crippen LogP contribution in [0.3, 0.4) is 0 Å². The standard InChI is InChI=1S/C19H20N4OS.ClH/c1-11-8-17(24)21-14-4-7-25(18(11)14)19-22-15-9-12-2-5-20-6-3-13(12)10-16(15)23-19;/h4,7-10,20,25H,2-3,5-6H2,1H3,(H,21,24)(H,22,23);1H. The fourth-order valence-corrected chi connectivity index (χ4v) is 5.92. The van der Waals surface area contributed by atoms with Gasteiger partial charge < -0.3 is 15.3 Å². The molecule has 136 valence electrons. The highest BCUT2D eigenvalue weighted by Crippen LogP contribution is 2.51. The van der Waals surface area contributed by atoms with E-state index in [1.54, 1.807) is 6.07 Å². The second kappa shape index (κ2) is 6.61. The number of benzene rings is 1. The molecule has 0 saturated carbocycles. The van der Waals surface area contributed by atoms with Crippen LogP contribution in [0.4, 0.5) is 0 Å². The third-order valence-corrected chi connectivity index (χ3v) is 7.22. The number of halogens is 1. The molecule has 5 rings (SSSR count). The molecular weight excluding hydrogens is 368 g/mol. The summed E-state index contributed by atoms with van der Waals surface area (Å²) in [7, 11) is -0.683. The number of aromatic nitrogens is 3. The molecule has 4 heterocycles. The van der Waals surface area contributed by atoms with Gasteiger partial charge in [0, 0.05) is 11.0 Å². The maximum atomic E-state index is 11.7. The first kappa shape index (κ1) is 17.4. The zero-order valence-electron chi connectivity index (χ0n) is 14.4. The summed E-state index contributed by atoms with van der Waals surface area (Å²) in [4.78, 5) is 24.3. The normalized spacial score (nSPS) is 19.7. The molecule has 1 atom stereocenters. The Balaban J connectivity index is 0.00000168. The number of aryl methyl sites for hydroxylation is 1. The Kier molecular flexibility index (Phi) is 4.42. The van der Waals surface area contributed by atoms with Crippen molar-refractivity contribution in [3.05, 3.63) is 56.3 Å². The number of nitrogens with zero attached hydrogens (tertiary/aromatic N) is 1. The van der Waals surface area contributed by atoms with Gasteiger partial charge in [0.15, 0.2) is 5.16 Å². The van der Waals surface area contributed by atoms with Crippen molar-refractivity contribution in [1.29, 1.82) is 0 Å². The molecule has 1 unspecified atom stereocenters. The lowest BCUT2D eigenvalue weighted by atomic mass is 10.0. The van der Waals surface area contributed by atoms with Crippen molar-refractivity contribution < 1.29 is 0 Å². The zero-order valence-corrected chi connectivity index (χ0v) is 16.1. The van der Waals surface area contributed by atoms with Crippen LogP contribution in [0.15, 0.2) is 38.5 Å². The van der Waals surface area contributed by atoms with Crippen LogP contribution in [0.5, 0.6) is 0 Å². The summed E-state index contributed by atoms with van der Waals surface area (Å²) >= 11 is 0. The second-order valence-electron chi connectivity index (χ2n) is 6.71. The molecule has 3 N–H and O–H groups in total. The summed E-state index contributed by atoms with van der Waals surface area (Å²) < 4.78 is 0. The Bertz CT molecular complexity index is 1040. The van der Waals surface area contributed by atoms with Crippen molar-refractivity contribution in [2.24, 2.45) is 0 Å². The number of imidazole rings is 1. The lowest BCUT2D eigenvalue weighted by Gasteiger charge is -2.14. The van der Waals surface area contributed by atoms with Crippen LogP contribution in [-0.2, 0) is 12.8 Å². The SMILES string of the molecule is Cc1cc(=O)[nH]c2c1[SH](c1nc3cc4c(cc3[nH]1)CCNCC4)C=C2.Cl. The molecule has 0 spiro atoms. The number of hydrogen-bond acceptors (Lipinski definition) is 3. The predicted molar refractivity (Wildman–Crippen MR) is 110 cm³/mol. The van der Waals surface area contributed by atoms with E-state index in [-0.39, 0.29) is 18.0 Å². The Morgan fingerprint density at radius 2 is 1.85 bits per heavy atom. The molecule has 2 aliphatic heterocycles. The van der Waals surface area contributed by atoms with Gasteiger partial charge in [0.25, 0.3) is 0 Å². The minimum absolute atomic E-state index is 0. The van der Waals surface area contributed by atoms with Crippen LogP contribution in [-0.4, -0.2) is 28.0 Å². The van der Waals surface area contributed by atoms with Gasteiger partial charge in [-0.25, -0.2) is 4.98 Å². The lowest BCUT2D eigenvalue weighted by molar-refractivity contribution is 0.711. The second-order valence-corrected chi connectivity index (χ2v) is 8.62. The molecule has 2 aromatic heterocycles. The van der Waals surface area contributed by atoms with Crippen LogP contribution in [0.1, 0.15) is 22.4 Å². The van der Waals surface area contributed by atoms with E-state index in [2.05, 4.69) is 32.8 Å². The number of fused-ring (bicyclic) bond motifs is 3. The monoisotopic (exact) mass is 388 g/mol. The molecular formula is C19H21ClN4OS. The minimum Gasteiger partial charge on any atom is -0.334 e. The summed E-state index contributed by atoms with van der Waals surface area (Å²) in [6, 6.07) is 6.19. The van der Waals surface area contributed by atoms with Crippen LogP contribution < -0.4 is 10.9 Å². The van der Waals surface area contributed by atoms with Gasteiger partial charge >= 0.3 is 0 Å². The largest absolute Gasteiger partial charge is 0.334 e. The molecule has 0 fully saturated rings. The average molecular weight is 389 g/mol. The van der Waals surface area contributed by atoms with Crippen LogP contribution in [0.2, 0.25) is 0 Å². The molecule has 5 nitrogen and oxygen atoms in total. The summed E-state index contributed by atoms with van der Waals surface area (Å²) in [5.74, 6) is 0. The van der Waals surface area contributed by atoms with Gasteiger partial charge in [-0.2, -0.15) is 0 Å². The molecule has 0 amide bonds. The fourth-order valence-electron chi connectivity index (χ4n) is 3.83. The number of nitrogens with one attached hydrogen (secondary N) is 3. The molecule has 26 heavy (non-hydrogen) atoms. The van der Waals surface area contributed by atoms with E-state index in [9.17, 15) is 4.79 Å². The first-order valence-electron chi connectivity index (χ1n) is 8.63. The van der Waals surface area contributed by atoms with E-state index in [1.165, 1.54) is 16.0 Å². The number of pyridine rings is 1. The summed E-state index contributed by atoms with van der Waals surface area (Å²) in [6.07, 6.45) is 4.15. The molecule has 0 bridgehead atoms. The number of hydrogen-bond donors (Lipinski definition) is 4. The topological polar surface area (TPSA) is 73.6 Å². The number of rotatable bonds is 1. The fraction of sp³-hybridized carbons (Fsp3) is 0.263. The first-order valence-corrected chi connectivity index (χ1v) is 10.0. The minimum atomic E-state index is -0.683. The summed E-state index contributed by atoms with van der Waals surface area (Å²) in [5, 5.41) is 6.64. The molecule has 0 aliphatic carbocycles. The van der Waals surface area contributed by atoms with Gasteiger partial charge in [0.05, 0.1) is 16.7 Å². The van der Waals surface area contributed by atoms with E-state index in [4.69, 9.17) is 4.98 Å². The lowest BCUT2D eigenvalue weighted by Crippen LogP contribution is -2.16. The number of aromatic amines is 2. The highest BCUT2D eigenvalue weighted by molar-refractivity contribution is 8.20. The summed E-state index contributed by atoms with van der Waals surface area (Å²) in [5.41, 5.74) is 6.91. The van der Waals surface area contributed by atoms with Crippen LogP contribution in [0, 0.1) is 6.92 Å². The molecule has 3 aromatic rings. The Labute approximate surface area is 160 Å². The van der Waals surface area contributed by atoms with Crippen LogP contribution >= 0.6 is 23.3 Å². The highest BCUT2D eigenvalue weighted by Gasteiger charge is 2.22. The third-order valence-electron chi connectivity index (χ3n) is 5.03. The maximum Gasteiger partial charge on any atom is 0.248 e. The van der Waals surface area contributed by atoms with Gasteiger partial charge in [0.2, 0.25) is 5.56 Å². The predicted octanol–water partition coefficient (Wildman–Crippen LogP) is 3.07. The molecule has 0 saturated heterocycles. The summed E-state index contributed by atoms with van der Waals surface area (Å²) in [6.45, 7) is 4.08. The zero-order chi connectivity index (χ0) is 17.0. The van der Waals surface area contributed by atoms with E-state index in [0.717, 1.165) is 53.4 Å². The van der Waals surface area contributed by atoms with Crippen molar-refractivity contribution in [3.63, 3.8) is 0 Å². The Morgan fingerprint density at radius 3 is 2.65 bits per heavy atom. The average Bonchev–Trinajstić information content (AvgIpc) is 3.10. The van der Waals surface area contributed by atoms with Crippen molar-refractivity contribution in [2.45, 2.75) is 29.8 Å². The van der Waals surface area contributed by atoms with Crippen molar-refractivity contribution in [2.75, 3.05) is 13.1 Å². The maximum absolute atomic E-state index is 11.7. The highest BCUT2D eigenvalue weighted by atomic mass is 35.5. The van der Waals surface area contributed by atoms with Crippen LogP contribution in [0.25, 0.3) is 17.1 Å². The third kappa shape index (κ3) is 2.78. The van der Waals surface area contributed by atoms with Crippen molar-refractivity contribution in [3.8, 4) is 0 Å². The van der Waals surface area contributed by atoms with Gasteiger partial charge in [-0.3, -0.25) is 4.79 Å². The Hall–Kier alpha value is -2.02.